The number of hydrogen-bond donors (Lipinski definition) is 0. The number of halogens is 1. The van der Waals surface area contributed by atoms with E-state index >= 15 is 0 Å². The first-order valence-corrected chi connectivity index (χ1v) is 7.93. The highest BCUT2D eigenvalue weighted by atomic mass is 79.9. The summed E-state index contributed by atoms with van der Waals surface area (Å²) in [5, 5.41) is 0. The molecule has 1 saturated heterocycles. The van der Waals surface area contributed by atoms with Crippen molar-refractivity contribution in [2.24, 2.45) is 5.92 Å². The van der Waals surface area contributed by atoms with Gasteiger partial charge in [-0.25, -0.2) is 0 Å². The summed E-state index contributed by atoms with van der Waals surface area (Å²) < 4.78 is 11.5. The van der Waals surface area contributed by atoms with Gasteiger partial charge in [-0.2, -0.15) is 0 Å². The molecule has 0 unspecified atom stereocenters. The minimum absolute atomic E-state index is 0.134. The first-order chi connectivity index (χ1) is 9.20. The van der Waals surface area contributed by atoms with Gasteiger partial charge in [-0.15, -0.1) is 11.3 Å². The fourth-order valence-corrected chi connectivity index (χ4v) is 3.48. The summed E-state index contributed by atoms with van der Waals surface area (Å²) in [7, 11) is 1.67. The molecule has 1 aliphatic rings. The second kappa shape index (κ2) is 7.38. The SMILES string of the molecule is COCCOC[C@@H]1CCN(C(=O)c2ccc(Br)s2)C1. The van der Waals surface area contributed by atoms with E-state index in [4.69, 9.17) is 9.47 Å². The Hall–Kier alpha value is -0.430. The summed E-state index contributed by atoms with van der Waals surface area (Å²) in [4.78, 5) is 15.0. The number of rotatable bonds is 6. The van der Waals surface area contributed by atoms with Gasteiger partial charge in [0, 0.05) is 26.1 Å². The number of methoxy groups -OCH3 is 1. The van der Waals surface area contributed by atoms with Gasteiger partial charge in [0.1, 0.15) is 0 Å². The fraction of sp³-hybridized carbons (Fsp3) is 0.615. The van der Waals surface area contributed by atoms with Crippen LogP contribution in [-0.4, -0.2) is 50.8 Å². The summed E-state index contributed by atoms with van der Waals surface area (Å²) >= 11 is 4.87. The number of carbonyl (C=O) groups excluding carboxylic acids is 1. The maximum atomic E-state index is 12.2. The fourth-order valence-electron chi connectivity index (χ4n) is 2.13. The van der Waals surface area contributed by atoms with E-state index in [0.29, 0.717) is 25.7 Å². The van der Waals surface area contributed by atoms with E-state index in [9.17, 15) is 4.79 Å². The first-order valence-electron chi connectivity index (χ1n) is 6.32. The molecule has 4 nitrogen and oxygen atoms in total. The molecule has 1 amide bonds. The maximum absolute atomic E-state index is 12.2. The molecular formula is C13H18BrNO3S. The number of likely N-dealkylation sites (tertiary alicyclic amines) is 1. The van der Waals surface area contributed by atoms with E-state index in [1.54, 1.807) is 7.11 Å². The van der Waals surface area contributed by atoms with E-state index in [0.717, 1.165) is 28.2 Å². The number of carbonyl (C=O) groups is 1. The number of thiophene rings is 1. The van der Waals surface area contributed by atoms with Gasteiger partial charge < -0.3 is 14.4 Å². The third-order valence-electron chi connectivity index (χ3n) is 3.14. The Labute approximate surface area is 125 Å². The van der Waals surface area contributed by atoms with Crippen LogP contribution in [0, 0.1) is 5.92 Å². The molecule has 1 aromatic heterocycles. The van der Waals surface area contributed by atoms with Gasteiger partial charge in [-0.05, 0) is 34.5 Å². The van der Waals surface area contributed by atoms with Gasteiger partial charge in [-0.1, -0.05) is 0 Å². The molecule has 0 aromatic carbocycles. The molecular weight excluding hydrogens is 330 g/mol. The highest BCUT2D eigenvalue weighted by Crippen LogP contribution is 2.25. The van der Waals surface area contributed by atoms with Crippen molar-refractivity contribution in [2.45, 2.75) is 6.42 Å². The van der Waals surface area contributed by atoms with Crippen LogP contribution in [0.1, 0.15) is 16.1 Å². The maximum Gasteiger partial charge on any atom is 0.263 e. The summed E-state index contributed by atoms with van der Waals surface area (Å²) in [6.45, 7) is 3.58. The van der Waals surface area contributed by atoms with E-state index in [2.05, 4.69) is 15.9 Å². The van der Waals surface area contributed by atoms with Crippen molar-refractivity contribution >= 4 is 33.2 Å². The average Bonchev–Trinajstić information content (AvgIpc) is 3.03. The van der Waals surface area contributed by atoms with Crippen LogP contribution >= 0.6 is 27.3 Å². The van der Waals surface area contributed by atoms with Crippen molar-refractivity contribution in [2.75, 3.05) is 40.0 Å². The molecule has 1 fully saturated rings. The molecule has 106 valence electrons. The summed E-state index contributed by atoms with van der Waals surface area (Å²) in [5.74, 6) is 0.583. The molecule has 6 heteroatoms. The Bertz CT molecular complexity index is 424. The van der Waals surface area contributed by atoms with Crippen LogP contribution in [0.5, 0.6) is 0 Å². The molecule has 0 aliphatic carbocycles. The van der Waals surface area contributed by atoms with Crippen molar-refractivity contribution in [3.8, 4) is 0 Å². The van der Waals surface area contributed by atoms with Crippen LogP contribution in [0.15, 0.2) is 15.9 Å². The second-order valence-corrected chi connectivity index (χ2v) is 7.04. The smallest absolute Gasteiger partial charge is 0.263 e. The highest BCUT2D eigenvalue weighted by Gasteiger charge is 2.27. The van der Waals surface area contributed by atoms with Crippen molar-refractivity contribution in [1.82, 2.24) is 4.90 Å². The molecule has 0 bridgehead atoms. The molecule has 1 aliphatic heterocycles. The van der Waals surface area contributed by atoms with E-state index in [1.807, 2.05) is 17.0 Å². The normalized spacial score (nSPS) is 19.1. The minimum atomic E-state index is 0.134. The Kier molecular flexibility index (Phi) is 5.81. The molecule has 19 heavy (non-hydrogen) atoms. The van der Waals surface area contributed by atoms with E-state index in [-0.39, 0.29) is 5.91 Å². The number of nitrogens with zero attached hydrogens (tertiary/aromatic N) is 1. The third kappa shape index (κ3) is 4.27. The molecule has 1 atom stereocenters. The number of amides is 1. The van der Waals surface area contributed by atoms with Crippen LogP contribution in [0.4, 0.5) is 0 Å². The monoisotopic (exact) mass is 347 g/mol. The molecule has 0 N–H and O–H groups in total. The van der Waals surface area contributed by atoms with Crippen molar-refractivity contribution in [3.05, 3.63) is 20.8 Å². The van der Waals surface area contributed by atoms with Gasteiger partial charge in [-0.3, -0.25) is 4.79 Å². The zero-order chi connectivity index (χ0) is 13.7. The van der Waals surface area contributed by atoms with Crippen LogP contribution in [0.2, 0.25) is 0 Å². The predicted molar refractivity (Wildman–Crippen MR) is 78.7 cm³/mol. The topological polar surface area (TPSA) is 38.8 Å². The lowest BCUT2D eigenvalue weighted by molar-refractivity contribution is 0.0516. The van der Waals surface area contributed by atoms with Crippen molar-refractivity contribution < 1.29 is 14.3 Å². The lowest BCUT2D eigenvalue weighted by Crippen LogP contribution is -2.28. The lowest BCUT2D eigenvalue weighted by Gasteiger charge is -2.15. The van der Waals surface area contributed by atoms with E-state index < -0.39 is 0 Å². The third-order valence-corrected chi connectivity index (χ3v) is 4.75. The van der Waals surface area contributed by atoms with Crippen molar-refractivity contribution in [3.63, 3.8) is 0 Å². The van der Waals surface area contributed by atoms with Gasteiger partial charge in [0.05, 0.1) is 28.5 Å². The summed E-state index contributed by atoms with van der Waals surface area (Å²) in [6, 6.07) is 3.79. The quantitative estimate of drug-likeness (QED) is 0.742. The Morgan fingerprint density at radius 3 is 3.05 bits per heavy atom. The zero-order valence-corrected chi connectivity index (χ0v) is 13.3. The van der Waals surface area contributed by atoms with Gasteiger partial charge in [0.15, 0.2) is 0 Å². The van der Waals surface area contributed by atoms with Crippen LogP contribution < -0.4 is 0 Å². The second-order valence-electron chi connectivity index (χ2n) is 4.58. The van der Waals surface area contributed by atoms with Gasteiger partial charge >= 0.3 is 0 Å². The van der Waals surface area contributed by atoms with Gasteiger partial charge in [0.2, 0.25) is 0 Å². The largest absolute Gasteiger partial charge is 0.382 e. The van der Waals surface area contributed by atoms with E-state index in [1.165, 1.54) is 11.3 Å². The highest BCUT2D eigenvalue weighted by molar-refractivity contribution is 9.11. The molecule has 2 heterocycles. The molecule has 2 rings (SSSR count). The number of ether oxygens (including phenoxy) is 2. The van der Waals surface area contributed by atoms with Gasteiger partial charge in [0.25, 0.3) is 5.91 Å². The Morgan fingerprint density at radius 1 is 1.53 bits per heavy atom. The lowest BCUT2D eigenvalue weighted by atomic mass is 10.1. The molecule has 0 saturated carbocycles. The molecule has 0 radical (unpaired) electrons. The van der Waals surface area contributed by atoms with Crippen LogP contribution in [0.25, 0.3) is 0 Å². The standard InChI is InChI=1S/C13H18BrNO3S/c1-17-6-7-18-9-10-4-5-15(8-10)13(16)11-2-3-12(14)19-11/h2-3,10H,4-9H2,1H3/t10-/m1/s1. The molecule has 1 aromatic rings. The van der Waals surface area contributed by atoms with Crippen LogP contribution in [0.3, 0.4) is 0 Å². The van der Waals surface area contributed by atoms with Crippen molar-refractivity contribution in [1.29, 1.82) is 0 Å². The Balaban J connectivity index is 1.76. The zero-order valence-electron chi connectivity index (χ0n) is 10.9. The first kappa shape index (κ1) is 15.0. The Morgan fingerprint density at radius 2 is 2.37 bits per heavy atom. The number of hydrogen-bond acceptors (Lipinski definition) is 4. The summed E-state index contributed by atoms with van der Waals surface area (Å²) in [6.07, 6.45) is 1.02. The average molecular weight is 348 g/mol. The predicted octanol–water partition coefficient (Wildman–Crippen LogP) is 2.64. The summed E-state index contributed by atoms with van der Waals surface area (Å²) in [5.41, 5.74) is 0. The molecule has 0 spiro atoms. The minimum Gasteiger partial charge on any atom is -0.382 e. The van der Waals surface area contributed by atoms with Crippen LogP contribution in [-0.2, 0) is 9.47 Å².